The number of hydrogen-bond acceptors (Lipinski definition) is 0. The molecular weight excluding hydrogens is 419 g/mol. The normalized spacial score (nSPS) is 12.5. The summed E-state index contributed by atoms with van der Waals surface area (Å²) >= 11 is 0.384. The molecule has 29 heavy (non-hydrogen) atoms. The molecule has 3 heteroatoms. The molecule has 7 aromatic rings. The Labute approximate surface area is 173 Å². The first kappa shape index (κ1) is 15.9. The minimum atomic E-state index is 0.384. The van der Waals surface area contributed by atoms with Gasteiger partial charge in [0.1, 0.15) is 0 Å². The van der Waals surface area contributed by atoms with Gasteiger partial charge < -0.3 is 0 Å². The molecular formula is C26H18N2Se. The molecule has 0 saturated carbocycles. The molecule has 0 aliphatic heterocycles. The average molecular weight is 437 g/mol. The number of fused-ring (bicyclic) bond motifs is 11. The van der Waals surface area contributed by atoms with Gasteiger partial charge in [-0.15, -0.1) is 0 Å². The van der Waals surface area contributed by atoms with E-state index in [2.05, 4.69) is 96.0 Å². The summed E-state index contributed by atoms with van der Waals surface area (Å²) in [5.74, 6) is 0. The molecule has 4 aromatic carbocycles. The first-order valence-electron chi connectivity index (χ1n) is 9.92. The van der Waals surface area contributed by atoms with Crippen molar-refractivity contribution < 1.29 is 0 Å². The predicted octanol–water partition coefficient (Wildman–Crippen LogP) is 6.34. The Balaban J connectivity index is 1.90. The van der Waals surface area contributed by atoms with Crippen LogP contribution in [0.5, 0.6) is 0 Å². The van der Waals surface area contributed by atoms with Gasteiger partial charge in [-0.05, 0) is 0 Å². The number of benzene rings is 4. The van der Waals surface area contributed by atoms with E-state index in [0.29, 0.717) is 14.5 Å². The average Bonchev–Trinajstić information content (AvgIpc) is 3.37. The van der Waals surface area contributed by atoms with Gasteiger partial charge in [0, 0.05) is 0 Å². The van der Waals surface area contributed by atoms with Crippen molar-refractivity contribution in [3.8, 4) is 0 Å². The Morgan fingerprint density at radius 1 is 0.483 bits per heavy atom. The van der Waals surface area contributed by atoms with Gasteiger partial charge in [-0.3, -0.25) is 0 Å². The fourth-order valence-corrected chi connectivity index (χ4v) is 7.58. The van der Waals surface area contributed by atoms with Crippen LogP contribution in [0.3, 0.4) is 0 Å². The van der Waals surface area contributed by atoms with Crippen molar-refractivity contribution in [1.29, 1.82) is 0 Å². The number of nitrogens with zero attached hydrogens (tertiary/aromatic N) is 2. The third-order valence-corrected chi connectivity index (χ3v) is 8.94. The number of para-hydroxylation sites is 1. The molecule has 0 aliphatic rings. The van der Waals surface area contributed by atoms with Gasteiger partial charge in [0.2, 0.25) is 0 Å². The second-order valence-corrected chi connectivity index (χ2v) is 10.2. The van der Waals surface area contributed by atoms with E-state index in [1.807, 2.05) is 0 Å². The molecule has 0 unspecified atom stereocenters. The molecule has 0 amide bonds. The van der Waals surface area contributed by atoms with Crippen LogP contribution in [0.15, 0.2) is 72.8 Å². The third kappa shape index (κ3) is 1.83. The Hall–Kier alpha value is -3.00. The predicted molar refractivity (Wildman–Crippen MR) is 126 cm³/mol. The van der Waals surface area contributed by atoms with Crippen LogP contribution in [0.2, 0.25) is 0 Å². The van der Waals surface area contributed by atoms with Crippen LogP contribution in [0.1, 0.15) is 0 Å². The molecule has 2 nitrogen and oxygen atoms in total. The molecule has 0 bridgehead atoms. The molecule has 0 N–H and O–H groups in total. The van der Waals surface area contributed by atoms with Gasteiger partial charge >= 0.3 is 173 Å². The minimum absolute atomic E-state index is 0.384. The molecule has 3 aromatic heterocycles. The van der Waals surface area contributed by atoms with Crippen LogP contribution < -0.4 is 0 Å². The van der Waals surface area contributed by atoms with Crippen LogP contribution >= 0.6 is 0 Å². The van der Waals surface area contributed by atoms with E-state index in [1.54, 1.807) is 0 Å². The van der Waals surface area contributed by atoms with Gasteiger partial charge in [-0.1, -0.05) is 0 Å². The molecule has 0 saturated heterocycles. The van der Waals surface area contributed by atoms with Gasteiger partial charge in [0.25, 0.3) is 0 Å². The molecule has 0 fully saturated rings. The van der Waals surface area contributed by atoms with E-state index in [4.69, 9.17) is 0 Å². The summed E-state index contributed by atoms with van der Waals surface area (Å²) in [5.41, 5.74) is 5.24. The van der Waals surface area contributed by atoms with Gasteiger partial charge in [-0.2, -0.15) is 0 Å². The summed E-state index contributed by atoms with van der Waals surface area (Å²) in [5, 5.41) is 8.45. The molecule has 0 aliphatic carbocycles. The zero-order valence-electron chi connectivity index (χ0n) is 16.2. The second-order valence-electron chi connectivity index (χ2n) is 7.92. The fraction of sp³-hybridized carbons (Fsp3) is 0.0769. The first-order valence-corrected chi connectivity index (χ1v) is 11.6. The molecule has 0 atom stereocenters. The molecule has 3 heterocycles. The van der Waals surface area contributed by atoms with E-state index in [9.17, 15) is 0 Å². The maximum absolute atomic E-state index is 2.38. The summed E-state index contributed by atoms with van der Waals surface area (Å²) < 4.78 is 7.73. The zero-order valence-corrected chi connectivity index (χ0v) is 17.9. The van der Waals surface area contributed by atoms with Crippen molar-refractivity contribution in [2.75, 3.05) is 0 Å². The van der Waals surface area contributed by atoms with Crippen LogP contribution in [0.25, 0.3) is 62.9 Å². The quantitative estimate of drug-likeness (QED) is 0.245. The SMILES string of the molecule is Cn1c2ccccc2c2c3c4c5c(ccc4n(C)c3ccc21)[se]c1ccccc15. The summed E-state index contributed by atoms with van der Waals surface area (Å²) in [6.45, 7) is 0. The van der Waals surface area contributed by atoms with Crippen LogP contribution in [0.4, 0.5) is 0 Å². The Morgan fingerprint density at radius 3 is 1.90 bits per heavy atom. The molecule has 7 rings (SSSR count). The maximum atomic E-state index is 2.38. The van der Waals surface area contributed by atoms with Crippen molar-refractivity contribution in [3.05, 3.63) is 72.8 Å². The van der Waals surface area contributed by atoms with E-state index >= 15 is 0 Å². The fourth-order valence-electron chi connectivity index (χ4n) is 5.24. The Morgan fingerprint density at radius 2 is 1.07 bits per heavy atom. The van der Waals surface area contributed by atoms with Gasteiger partial charge in [0.15, 0.2) is 0 Å². The van der Waals surface area contributed by atoms with E-state index in [0.717, 1.165) is 0 Å². The summed E-state index contributed by atoms with van der Waals surface area (Å²) in [6, 6.07) is 27.1. The van der Waals surface area contributed by atoms with Crippen molar-refractivity contribution in [2.24, 2.45) is 14.1 Å². The third-order valence-electron chi connectivity index (χ3n) is 6.55. The molecule has 0 spiro atoms. The van der Waals surface area contributed by atoms with E-state index < -0.39 is 0 Å². The van der Waals surface area contributed by atoms with Crippen molar-refractivity contribution in [3.63, 3.8) is 0 Å². The monoisotopic (exact) mass is 438 g/mol. The standard InChI is InChI=1S/C26H18N2Se/c1-27-17-9-5-3-7-15(17)23-18(27)11-12-19-25(23)26-20(28(19)2)13-14-22-24(26)16-8-4-6-10-21(16)29-22/h3-14H,1-2H3. The summed E-state index contributed by atoms with van der Waals surface area (Å²) in [6.07, 6.45) is 0. The molecule has 138 valence electrons. The van der Waals surface area contributed by atoms with Crippen LogP contribution in [0, 0.1) is 0 Å². The summed E-state index contributed by atoms with van der Waals surface area (Å²) in [7, 11) is 4.39. The van der Waals surface area contributed by atoms with Crippen LogP contribution in [-0.4, -0.2) is 23.6 Å². The molecule has 0 radical (unpaired) electrons. The number of aryl methyl sites for hydroxylation is 2. The van der Waals surface area contributed by atoms with Crippen molar-refractivity contribution >= 4 is 77.4 Å². The Kier molecular flexibility index (Phi) is 2.91. The van der Waals surface area contributed by atoms with E-state index in [1.165, 1.54) is 62.9 Å². The summed E-state index contributed by atoms with van der Waals surface area (Å²) in [4.78, 5) is 0. The van der Waals surface area contributed by atoms with E-state index in [-0.39, 0.29) is 0 Å². The van der Waals surface area contributed by atoms with Crippen molar-refractivity contribution in [1.82, 2.24) is 9.13 Å². The zero-order chi connectivity index (χ0) is 19.3. The first-order chi connectivity index (χ1) is 14.2. The van der Waals surface area contributed by atoms with Gasteiger partial charge in [-0.25, -0.2) is 0 Å². The number of hydrogen-bond donors (Lipinski definition) is 0. The van der Waals surface area contributed by atoms with Gasteiger partial charge in [0.05, 0.1) is 0 Å². The van der Waals surface area contributed by atoms with Crippen LogP contribution in [-0.2, 0) is 14.1 Å². The van der Waals surface area contributed by atoms with Crippen molar-refractivity contribution in [2.45, 2.75) is 0 Å². The second kappa shape index (κ2) is 5.33. The number of aromatic nitrogens is 2. The Bertz CT molecular complexity index is 1780. The number of rotatable bonds is 0. The topological polar surface area (TPSA) is 9.86 Å².